The van der Waals surface area contributed by atoms with E-state index in [4.69, 9.17) is 11.6 Å². The van der Waals surface area contributed by atoms with Gasteiger partial charge in [0.1, 0.15) is 0 Å². The van der Waals surface area contributed by atoms with Crippen molar-refractivity contribution in [2.75, 3.05) is 26.2 Å². The van der Waals surface area contributed by atoms with E-state index in [1.165, 1.54) is 6.07 Å². The number of nitrogens with one attached hydrogen (secondary N) is 1. The maximum atomic E-state index is 12.9. The van der Waals surface area contributed by atoms with Crippen LogP contribution in [0.15, 0.2) is 30.9 Å². The van der Waals surface area contributed by atoms with Gasteiger partial charge in [0.25, 0.3) is 0 Å². The Morgan fingerprint density at radius 1 is 1.30 bits per heavy atom. The molecule has 1 atom stereocenters. The summed E-state index contributed by atoms with van der Waals surface area (Å²) >= 11 is 5.65. The van der Waals surface area contributed by atoms with Gasteiger partial charge in [0.2, 0.25) is 0 Å². The van der Waals surface area contributed by atoms with Gasteiger partial charge < -0.3 is 5.32 Å². The monoisotopic (exact) mass is 304 g/mol. The summed E-state index contributed by atoms with van der Waals surface area (Å²) in [5.74, 6) is 0. The van der Waals surface area contributed by atoms with E-state index < -0.39 is 11.7 Å². The van der Waals surface area contributed by atoms with E-state index in [9.17, 15) is 13.2 Å². The maximum absolute atomic E-state index is 12.9. The Balaban J connectivity index is 2.32. The molecule has 1 aromatic carbocycles. The molecule has 0 bridgehead atoms. The molecule has 2 rings (SSSR count). The number of alkyl halides is 3. The number of rotatable bonds is 3. The fourth-order valence-corrected chi connectivity index (χ4v) is 2.63. The highest BCUT2D eigenvalue weighted by Gasteiger charge is 2.34. The SMILES string of the molecule is C=C[C@H](c1ccc(Cl)c(C(F)(F)F)c1)N1CCNCC1. The van der Waals surface area contributed by atoms with Gasteiger partial charge in [-0.3, -0.25) is 4.90 Å². The van der Waals surface area contributed by atoms with Crippen molar-refractivity contribution in [1.29, 1.82) is 0 Å². The highest BCUT2D eigenvalue weighted by atomic mass is 35.5. The normalized spacial score (nSPS) is 18.8. The summed E-state index contributed by atoms with van der Waals surface area (Å²) < 4.78 is 38.7. The lowest BCUT2D eigenvalue weighted by Gasteiger charge is -2.33. The van der Waals surface area contributed by atoms with Gasteiger partial charge in [-0.25, -0.2) is 0 Å². The van der Waals surface area contributed by atoms with Crippen molar-refractivity contribution in [1.82, 2.24) is 10.2 Å². The summed E-state index contributed by atoms with van der Waals surface area (Å²) in [6.45, 7) is 6.95. The van der Waals surface area contributed by atoms with Gasteiger partial charge >= 0.3 is 6.18 Å². The first-order valence-corrected chi connectivity index (χ1v) is 6.75. The molecule has 0 unspecified atom stereocenters. The van der Waals surface area contributed by atoms with E-state index in [0.717, 1.165) is 32.2 Å². The van der Waals surface area contributed by atoms with Crippen LogP contribution < -0.4 is 5.32 Å². The highest BCUT2D eigenvalue weighted by Crippen LogP contribution is 2.37. The van der Waals surface area contributed by atoms with Gasteiger partial charge in [-0.1, -0.05) is 23.7 Å². The van der Waals surface area contributed by atoms with Crippen molar-refractivity contribution in [2.24, 2.45) is 0 Å². The van der Waals surface area contributed by atoms with E-state index >= 15 is 0 Å². The number of nitrogens with zero attached hydrogens (tertiary/aromatic N) is 1. The predicted octanol–water partition coefficient (Wildman–Crippen LogP) is 3.49. The molecule has 1 saturated heterocycles. The summed E-state index contributed by atoms with van der Waals surface area (Å²) in [6.07, 6.45) is -2.77. The third-order valence-electron chi connectivity index (χ3n) is 3.41. The lowest BCUT2D eigenvalue weighted by atomic mass is 10.0. The average molecular weight is 305 g/mol. The molecule has 1 heterocycles. The van der Waals surface area contributed by atoms with Crippen LogP contribution in [-0.4, -0.2) is 31.1 Å². The number of hydrogen-bond donors (Lipinski definition) is 1. The smallest absolute Gasteiger partial charge is 0.314 e. The Morgan fingerprint density at radius 3 is 2.50 bits per heavy atom. The largest absolute Gasteiger partial charge is 0.417 e. The van der Waals surface area contributed by atoms with Gasteiger partial charge in [-0.2, -0.15) is 13.2 Å². The average Bonchev–Trinajstić information content (AvgIpc) is 2.41. The van der Waals surface area contributed by atoms with E-state index in [1.807, 2.05) is 0 Å². The van der Waals surface area contributed by atoms with Crippen LogP contribution in [0.2, 0.25) is 5.02 Å². The van der Waals surface area contributed by atoms with Gasteiger partial charge in [0.05, 0.1) is 16.6 Å². The van der Waals surface area contributed by atoms with Gasteiger partial charge in [0, 0.05) is 26.2 Å². The number of hydrogen-bond acceptors (Lipinski definition) is 2. The summed E-state index contributed by atoms with van der Waals surface area (Å²) in [4.78, 5) is 2.10. The lowest BCUT2D eigenvalue weighted by molar-refractivity contribution is -0.137. The lowest BCUT2D eigenvalue weighted by Crippen LogP contribution is -2.44. The second-order valence-electron chi connectivity index (χ2n) is 4.70. The third kappa shape index (κ3) is 3.34. The van der Waals surface area contributed by atoms with Crippen molar-refractivity contribution < 1.29 is 13.2 Å². The second-order valence-corrected chi connectivity index (χ2v) is 5.11. The molecule has 0 amide bonds. The Labute approximate surface area is 121 Å². The number of piperazine rings is 1. The molecular weight excluding hydrogens is 289 g/mol. The minimum atomic E-state index is -4.44. The molecule has 1 aliphatic heterocycles. The predicted molar refractivity (Wildman–Crippen MR) is 73.8 cm³/mol. The van der Waals surface area contributed by atoms with Crippen LogP contribution in [0.5, 0.6) is 0 Å². The van der Waals surface area contributed by atoms with Crippen LogP contribution >= 0.6 is 11.6 Å². The summed E-state index contributed by atoms with van der Waals surface area (Å²) in [6, 6.07) is 3.83. The molecule has 1 N–H and O–H groups in total. The Hall–Kier alpha value is -1.04. The van der Waals surface area contributed by atoms with Crippen molar-refractivity contribution in [3.63, 3.8) is 0 Å². The molecular formula is C14H16ClF3N2. The first-order valence-electron chi connectivity index (χ1n) is 6.37. The molecule has 0 radical (unpaired) electrons. The van der Waals surface area contributed by atoms with E-state index in [0.29, 0.717) is 5.56 Å². The Morgan fingerprint density at radius 2 is 1.95 bits per heavy atom. The maximum Gasteiger partial charge on any atom is 0.417 e. The molecule has 20 heavy (non-hydrogen) atoms. The quantitative estimate of drug-likeness (QED) is 0.860. The summed E-state index contributed by atoms with van der Waals surface area (Å²) in [7, 11) is 0. The standard InChI is InChI=1S/C14H16ClF3N2/c1-2-13(20-7-5-19-6-8-20)10-3-4-12(15)11(9-10)14(16,17)18/h2-4,9,13,19H,1,5-8H2/t13-/m1/s1. The Kier molecular flexibility index (Phi) is 4.73. The van der Waals surface area contributed by atoms with E-state index in [2.05, 4.69) is 16.8 Å². The summed E-state index contributed by atoms with van der Waals surface area (Å²) in [5, 5.41) is 2.94. The van der Waals surface area contributed by atoms with Crippen molar-refractivity contribution in [3.05, 3.63) is 47.0 Å². The first-order chi connectivity index (χ1) is 9.43. The topological polar surface area (TPSA) is 15.3 Å². The third-order valence-corrected chi connectivity index (χ3v) is 3.74. The van der Waals surface area contributed by atoms with Gasteiger partial charge in [-0.05, 0) is 17.7 Å². The minimum Gasteiger partial charge on any atom is -0.314 e. The molecule has 1 aliphatic rings. The zero-order valence-corrected chi connectivity index (χ0v) is 11.6. The van der Waals surface area contributed by atoms with E-state index in [-0.39, 0.29) is 11.1 Å². The van der Waals surface area contributed by atoms with E-state index in [1.54, 1.807) is 12.1 Å². The van der Waals surface area contributed by atoms with Crippen LogP contribution in [0.25, 0.3) is 0 Å². The highest BCUT2D eigenvalue weighted by molar-refractivity contribution is 6.31. The van der Waals surface area contributed by atoms with Crippen LogP contribution in [-0.2, 0) is 6.18 Å². The minimum absolute atomic E-state index is 0.226. The van der Waals surface area contributed by atoms with Crippen LogP contribution in [0.4, 0.5) is 13.2 Å². The van der Waals surface area contributed by atoms with Crippen molar-refractivity contribution in [3.8, 4) is 0 Å². The molecule has 0 spiro atoms. The van der Waals surface area contributed by atoms with Crippen molar-refractivity contribution >= 4 is 11.6 Å². The molecule has 0 aliphatic carbocycles. The van der Waals surface area contributed by atoms with Crippen LogP contribution in [0.3, 0.4) is 0 Å². The first kappa shape index (κ1) is 15.4. The van der Waals surface area contributed by atoms with Gasteiger partial charge in [0.15, 0.2) is 0 Å². The molecule has 6 heteroatoms. The van der Waals surface area contributed by atoms with Crippen LogP contribution in [0, 0.1) is 0 Å². The van der Waals surface area contributed by atoms with Crippen molar-refractivity contribution in [2.45, 2.75) is 12.2 Å². The molecule has 1 fully saturated rings. The number of halogens is 4. The molecule has 0 saturated carbocycles. The fourth-order valence-electron chi connectivity index (χ4n) is 2.40. The number of benzene rings is 1. The van der Waals surface area contributed by atoms with Gasteiger partial charge in [-0.15, -0.1) is 6.58 Å². The zero-order chi connectivity index (χ0) is 14.8. The molecule has 2 nitrogen and oxygen atoms in total. The molecule has 110 valence electrons. The second kappa shape index (κ2) is 6.16. The molecule has 1 aromatic rings. The Bertz CT molecular complexity index is 482. The zero-order valence-electron chi connectivity index (χ0n) is 10.9. The fraction of sp³-hybridized carbons (Fsp3) is 0.429. The summed E-state index contributed by atoms with van der Waals surface area (Å²) in [5.41, 5.74) is -0.225. The van der Waals surface area contributed by atoms with Crippen LogP contribution in [0.1, 0.15) is 17.2 Å². The molecule has 0 aromatic heterocycles.